The Morgan fingerprint density at radius 1 is 1.39 bits per heavy atom. The molecule has 0 N–H and O–H groups in total. The Bertz CT molecular complexity index is 894. The van der Waals surface area contributed by atoms with Crippen LogP contribution in [0, 0.1) is 0 Å². The van der Waals surface area contributed by atoms with E-state index in [1.54, 1.807) is 33.9 Å². The van der Waals surface area contributed by atoms with Crippen LogP contribution in [0.2, 0.25) is 0 Å². The minimum atomic E-state index is 0.0850. The minimum Gasteiger partial charge on any atom is -0.467 e. The van der Waals surface area contributed by atoms with Crippen LogP contribution >= 0.6 is 23.1 Å². The lowest BCUT2D eigenvalue weighted by molar-refractivity contribution is 0.476. The van der Waals surface area contributed by atoms with Gasteiger partial charge in [0.25, 0.3) is 5.56 Å². The van der Waals surface area contributed by atoms with Crippen molar-refractivity contribution in [1.82, 2.24) is 9.55 Å². The van der Waals surface area contributed by atoms with Gasteiger partial charge in [0.1, 0.15) is 10.6 Å². The molecule has 1 aliphatic carbocycles. The van der Waals surface area contributed by atoms with Crippen LogP contribution in [0.5, 0.6) is 0 Å². The third-order valence-electron chi connectivity index (χ3n) is 4.21. The van der Waals surface area contributed by atoms with Crippen LogP contribution in [0.1, 0.15) is 36.0 Å². The van der Waals surface area contributed by atoms with E-state index in [0.29, 0.717) is 6.54 Å². The molecule has 0 bridgehead atoms. The molecule has 3 heterocycles. The Morgan fingerprint density at radius 2 is 2.26 bits per heavy atom. The van der Waals surface area contributed by atoms with E-state index in [1.165, 1.54) is 23.3 Å². The molecule has 3 aromatic heterocycles. The van der Waals surface area contributed by atoms with Crippen LogP contribution in [0.15, 0.2) is 32.8 Å². The average molecular weight is 346 g/mol. The summed E-state index contributed by atoms with van der Waals surface area (Å²) in [4.78, 5) is 20.2. The van der Waals surface area contributed by atoms with Crippen LogP contribution in [-0.2, 0) is 19.4 Å². The van der Waals surface area contributed by atoms with Crippen LogP contribution < -0.4 is 5.56 Å². The number of hydrogen-bond acceptors (Lipinski definition) is 5. The molecule has 0 unspecified atom stereocenters. The lowest BCUT2D eigenvalue weighted by Crippen LogP contribution is -2.24. The van der Waals surface area contributed by atoms with Crippen molar-refractivity contribution in [3.05, 3.63) is 45.0 Å². The fraction of sp³-hybridized carbons (Fsp3) is 0.412. The lowest BCUT2D eigenvalue weighted by Gasteiger charge is -2.12. The SMILES string of the molecule is CCSc1nc2sc3c(c2c(=O)n1Cc1ccco1)CCCC3. The van der Waals surface area contributed by atoms with Crippen LogP contribution in [-0.4, -0.2) is 15.3 Å². The molecule has 0 amide bonds. The second-order valence-corrected chi connectivity index (χ2v) is 8.00. The molecule has 0 aliphatic heterocycles. The summed E-state index contributed by atoms with van der Waals surface area (Å²) in [5, 5.41) is 1.64. The van der Waals surface area contributed by atoms with Gasteiger partial charge in [-0.1, -0.05) is 18.7 Å². The highest BCUT2D eigenvalue weighted by atomic mass is 32.2. The Morgan fingerprint density at radius 3 is 3.04 bits per heavy atom. The van der Waals surface area contributed by atoms with Gasteiger partial charge in [0.15, 0.2) is 5.16 Å². The highest BCUT2D eigenvalue weighted by Gasteiger charge is 2.22. The fourth-order valence-electron chi connectivity index (χ4n) is 3.16. The number of thiophene rings is 1. The van der Waals surface area contributed by atoms with Gasteiger partial charge in [0.05, 0.1) is 18.2 Å². The fourth-order valence-corrected chi connectivity index (χ4v) is 5.18. The van der Waals surface area contributed by atoms with E-state index in [-0.39, 0.29) is 5.56 Å². The van der Waals surface area contributed by atoms with Crippen molar-refractivity contribution in [1.29, 1.82) is 0 Å². The molecule has 0 fully saturated rings. The smallest absolute Gasteiger partial charge is 0.263 e. The zero-order valence-electron chi connectivity index (χ0n) is 13.0. The van der Waals surface area contributed by atoms with E-state index in [9.17, 15) is 4.79 Å². The first kappa shape index (κ1) is 15.0. The number of thioether (sulfide) groups is 1. The highest BCUT2D eigenvalue weighted by Crippen LogP contribution is 2.34. The zero-order chi connectivity index (χ0) is 15.8. The Balaban J connectivity index is 1.93. The normalized spacial score (nSPS) is 14.3. The summed E-state index contributed by atoms with van der Waals surface area (Å²) in [5.41, 5.74) is 1.33. The molecule has 0 aromatic carbocycles. The number of rotatable bonds is 4. The second-order valence-electron chi connectivity index (χ2n) is 5.69. The van der Waals surface area contributed by atoms with Crippen molar-refractivity contribution in [2.24, 2.45) is 0 Å². The molecule has 4 nitrogen and oxygen atoms in total. The van der Waals surface area contributed by atoms with Crippen LogP contribution in [0.4, 0.5) is 0 Å². The van der Waals surface area contributed by atoms with Crippen molar-refractivity contribution < 1.29 is 4.42 Å². The van der Waals surface area contributed by atoms with Gasteiger partial charge < -0.3 is 4.42 Å². The largest absolute Gasteiger partial charge is 0.467 e. The first-order chi connectivity index (χ1) is 11.3. The summed E-state index contributed by atoms with van der Waals surface area (Å²) < 4.78 is 7.21. The standard InChI is InChI=1S/C17H18N2O2S2/c1-2-22-17-18-15-14(12-7-3-4-8-13(12)23-15)16(20)19(17)10-11-6-5-9-21-11/h5-6,9H,2-4,7-8,10H2,1H3. The number of aryl methyl sites for hydroxylation is 2. The molecule has 0 saturated carbocycles. The van der Waals surface area contributed by atoms with E-state index in [2.05, 4.69) is 6.92 Å². The lowest BCUT2D eigenvalue weighted by atomic mass is 9.97. The van der Waals surface area contributed by atoms with E-state index >= 15 is 0 Å². The van der Waals surface area contributed by atoms with Crippen molar-refractivity contribution in [2.45, 2.75) is 44.3 Å². The summed E-state index contributed by atoms with van der Waals surface area (Å²) >= 11 is 3.32. The third kappa shape index (κ3) is 2.64. The molecule has 0 radical (unpaired) electrons. The van der Waals surface area contributed by atoms with Crippen molar-refractivity contribution in [2.75, 3.05) is 5.75 Å². The Hall–Kier alpha value is -1.53. The number of nitrogens with zero attached hydrogens (tertiary/aromatic N) is 2. The molecular weight excluding hydrogens is 328 g/mol. The molecule has 120 valence electrons. The van der Waals surface area contributed by atoms with Gasteiger partial charge in [-0.2, -0.15) is 0 Å². The van der Waals surface area contributed by atoms with Gasteiger partial charge in [0, 0.05) is 4.88 Å². The molecule has 0 saturated heterocycles. The summed E-state index contributed by atoms with van der Waals surface area (Å²) in [7, 11) is 0. The minimum absolute atomic E-state index is 0.0850. The number of fused-ring (bicyclic) bond motifs is 3. The summed E-state index contributed by atoms with van der Waals surface area (Å²) in [6, 6.07) is 3.76. The summed E-state index contributed by atoms with van der Waals surface area (Å²) in [5.74, 6) is 1.68. The average Bonchev–Trinajstić information content (AvgIpc) is 3.18. The third-order valence-corrected chi connectivity index (χ3v) is 6.25. The van der Waals surface area contributed by atoms with E-state index in [0.717, 1.165) is 39.7 Å². The molecule has 3 aromatic rings. The summed E-state index contributed by atoms with van der Waals surface area (Å²) in [6.45, 7) is 2.53. The van der Waals surface area contributed by atoms with Crippen molar-refractivity contribution >= 4 is 33.3 Å². The Labute approximate surface area is 142 Å². The van der Waals surface area contributed by atoms with E-state index in [4.69, 9.17) is 9.40 Å². The molecule has 23 heavy (non-hydrogen) atoms. The van der Waals surface area contributed by atoms with Gasteiger partial charge >= 0.3 is 0 Å². The van der Waals surface area contributed by atoms with Gasteiger partial charge in [-0.05, 0) is 49.1 Å². The summed E-state index contributed by atoms with van der Waals surface area (Å²) in [6.07, 6.45) is 6.13. The van der Waals surface area contributed by atoms with Gasteiger partial charge in [-0.3, -0.25) is 9.36 Å². The monoisotopic (exact) mass is 346 g/mol. The first-order valence-corrected chi connectivity index (χ1v) is 9.78. The molecule has 1 aliphatic rings. The molecule has 4 rings (SSSR count). The molecule has 0 atom stereocenters. The number of hydrogen-bond donors (Lipinski definition) is 0. The van der Waals surface area contributed by atoms with Gasteiger partial charge in [-0.15, -0.1) is 11.3 Å². The maximum absolute atomic E-state index is 13.2. The predicted molar refractivity (Wildman–Crippen MR) is 94.7 cm³/mol. The molecule has 6 heteroatoms. The first-order valence-electron chi connectivity index (χ1n) is 7.98. The van der Waals surface area contributed by atoms with E-state index in [1.807, 2.05) is 12.1 Å². The van der Waals surface area contributed by atoms with Crippen molar-refractivity contribution in [3.63, 3.8) is 0 Å². The highest BCUT2D eigenvalue weighted by molar-refractivity contribution is 7.99. The van der Waals surface area contributed by atoms with Crippen molar-refractivity contribution in [3.8, 4) is 0 Å². The second kappa shape index (κ2) is 6.17. The number of furan rings is 1. The van der Waals surface area contributed by atoms with Gasteiger partial charge in [-0.25, -0.2) is 4.98 Å². The molecule has 0 spiro atoms. The quantitative estimate of drug-likeness (QED) is 0.527. The molecular formula is C17H18N2O2S2. The maximum atomic E-state index is 13.2. The predicted octanol–water partition coefficient (Wildman–Crippen LogP) is 4.09. The number of aromatic nitrogens is 2. The zero-order valence-corrected chi connectivity index (χ0v) is 14.6. The maximum Gasteiger partial charge on any atom is 0.263 e. The van der Waals surface area contributed by atoms with Crippen LogP contribution in [0.25, 0.3) is 10.2 Å². The van der Waals surface area contributed by atoms with Crippen LogP contribution in [0.3, 0.4) is 0 Å². The Kier molecular flexibility index (Phi) is 4.03. The van der Waals surface area contributed by atoms with Gasteiger partial charge in [0.2, 0.25) is 0 Å². The topological polar surface area (TPSA) is 48.0 Å². The van der Waals surface area contributed by atoms with E-state index < -0.39 is 0 Å².